The van der Waals surface area contributed by atoms with Crippen molar-refractivity contribution < 1.29 is 4.39 Å². The normalized spacial score (nSPS) is 12.7. The van der Waals surface area contributed by atoms with Crippen LogP contribution in [0.2, 0.25) is 0 Å². The van der Waals surface area contributed by atoms with Gasteiger partial charge in [-0.2, -0.15) is 5.10 Å². The first kappa shape index (κ1) is 13.1. The molecule has 2 aromatic rings. The summed E-state index contributed by atoms with van der Waals surface area (Å²) in [5.74, 6) is -0.221. The van der Waals surface area contributed by atoms with Crippen LogP contribution in [0.15, 0.2) is 40.4 Å². The molecule has 1 aromatic carbocycles. The SMILES string of the molecule is CC(N)Cc1cc(F)ccc1Sc1cnn(C)c1. The molecule has 0 fully saturated rings. The van der Waals surface area contributed by atoms with E-state index in [0.717, 1.165) is 15.4 Å². The van der Waals surface area contributed by atoms with E-state index in [2.05, 4.69) is 5.10 Å². The molecular weight excluding hydrogens is 249 g/mol. The average Bonchev–Trinajstić information content (AvgIpc) is 2.67. The Kier molecular flexibility index (Phi) is 4.04. The van der Waals surface area contributed by atoms with E-state index in [1.165, 1.54) is 6.07 Å². The van der Waals surface area contributed by atoms with Gasteiger partial charge in [0.05, 0.1) is 11.1 Å². The Bertz CT molecular complexity index is 537. The van der Waals surface area contributed by atoms with Gasteiger partial charge in [-0.3, -0.25) is 4.68 Å². The van der Waals surface area contributed by atoms with Gasteiger partial charge in [0.2, 0.25) is 0 Å². The van der Waals surface area contributed by atoms with E-state index < -0.39 is 0 Å². The summed E-state index contributed by atoms with van der Waals surface area (Å²) in [5.41, 5.74) is 6.74. The van der Waals surface area contributed by atoms with E-state index in [1.807, 2.05) is 20.2 Å². The molecule has 0 spiro atoms. The van der Waals surface area contributed by atoms with Gasteiger partial charge >= 0.3 is 0 Å². The molecule has 1 atom stereocenters. The van der Waals surface area contributed by atoms with E-state index >= 15 is 0 Å². The lowest BCUT2D eigenvalue weighted by atomic mass is 10.1. The van der Waals surface area contributed by atoms with Crippen LogP contribution in [0.25, 0.3) is 0 Å². The van der Waals surface area contributed by atoms with Crippen molar-refractivity contribution in [2.45, 2.75) is 29.2 Å². The third-order valence-electron chi connectivity index (χ3n) is 2.47. The summed E-state index contributed by atoms with van der Waals surface area (Å²) in [6.07, 6.45) is 4.40. The molecule has 2 N–H and O–H groups in total. The van der Waals surface area contributed by atoms with Gasteiger partial charge < -0.3 is 5.73 Å². The van der Waals surface area contributed by atoms with Crippen molar-refractivity contribution in [2.24, 2.45) is 12.8 Å². The monoisotopic (exact) mass is 265 g/mol. The predicted octanol–water partition coefficient (Wildman–Crippen LogP) is 2.60. The highest BCUT2D eigenvalue weighted by Crippen LogP contribution is 2.31. The minimum Gasteiger partial charge on any atom is -0.328 e. The predicted molar refractivity (Wildman–Crippen MR) is 71.1 cm³/mol. The molecule has 1 unspecified atom stereocenters. The zero-order valence-corrected chi connectivity index (χ0v) is 11.2. The first-order valence-corrected chi connectivity index (χ1v) is 6.57. The molecule has 0 aliphatic carbocycles. The Balaban J connectivity index is 2.26. The Morgan fingerprint density at radius 2 is 2.28 bits per heavy atom. The van der Waals surface area contributed by atoms with Crippen molar-refractivity contribution in [3.63, 3.8) is 0 Å². The lowest BCUT2D eigenvalue weighted by Crippen LogP contribution is -2.18. The van der Waals surface area contributed by atoms with Crippen LogP contribution in [0.3, 0.4) is 0 Å². The molecule has 2 rings (SSSR count). The Labute approximate surface area is 110 Å². The molecule has 96 valence electrons. The van der Waals surface area contributed by atoms with Gasteiger partial charge in [0.25, 0.3) is 0 Å². The summed E-state index contributed by atoms with van der Waals surface area (Å²) in [6.45, 7) is 1.92. The Morgan fingerprint density at radius 3 is 2.89 bits per heavy atom. The second-order valence-corrected chi connectivity index (χ2v) is 5.50. The number of aryl methyl sites for hydroxylation is 1. The summed E-state index contributed by atoms with van der Waals surface area (Å²) < 4.78 is 15.0. The quantitative estimate of drug-likeness (QED) is 0.924. The molecule has 1 heterocycles. The second kappa shape index (κ2) is 5.54. The maximum atomic E-state index is 13.3. The number of rotatable bonds is 4. The minimum atomic E-state index is -0.221. The van der Waals surface area contributed by atoms with Crippen molar-refractivity contribution in [2.75, 3.05) is 0 Å². The molecule has 0 aliphatic rings. The zero-order chi connectivity index (χ0) is 13.1. The maximum Gasteiger partial charge on any atom is 0.123 e. The summed E-state index contributed by atoms with van der Waals surface area (Å²) in [6, 6.07) is 4.84. The highest BCUT2D eigenvalue weighted by atomic mass is 32.2. The number of hydrogen-bond donors (Lipinski definition) is 1. The highest BCUT2D eigenvalue weighted by molar-refractivity contribution is 7.99. The van der Waals surface area contributed by atoms with Crippen molar-refractivity contribution in [3.05, 3.63) is 42.0 Å². The van der Waals surface area contributed by atoms with Gasteiger partial charge in [-0.25, -0.2) is 4.39 Å². The van der Waals surface area contributed by atoms with Gasteiger partial charge in [0.15, 0.2) is 0 Å². The zero-order valence-electron chi connectivity index (χ0n) is 10.4. The molecular formula is C13H16FN3S. The third-order valence-corrected chi connectivity index (χ3v) is 3.54. The van der Waals surface area contributed by atoms with Crippen LogP contribution < -0.4 is 5.73 Å². The summed E-state index contributed by atoms with van der Waals surface area (Å²) in [4.78, 5) is 2.07. The smallest absolute Gasteiger partial charge is 0.123 e. The second-order valence-electron chi connectivity index (χ2n) is 4.39. The van der Waals surface area contributed by atoms with E-state index in [0.29, 0.717) is 6.42 Å². The Hall–Kier alpha value is -1.33. The summed E-state index contributed by atoms with van der Waals surface area (Å²) in [5, 5.41) is 4.12. The molecule has 0 saturated heterocycles. The number of aromatic nitrogens is 2. The van der Waals surface area contributed by atoms with Gasteiger partial charge in [-0.1, -0.05) is 11.8 Å². The molecule has 0 bridgehead atoms. The maximum absolute atomic E-state index is 13.3. The first-order valence-electron chi connectivity index (χ1n) is 5.75. The number of benzene rings is 1. The molecule has 3 nitrogen and oxygen atoms in total. The third kappa shape index (κ3) is 3.34. The number of halogens is 1. The number of nitrogens with zero attached hydrogens (tertiary/aromatic N) is 2. The van der Waals surface area contributed by atoms with Crippen LogP contribution in [0.1, 0.15) is 12.5 Å². The largest absolute Gasteiger partial charge is 0.328 e. The van der Waals surface area contributed by atoms with Crippen molar-refractivity contribution >= 4 is 11.8 Å². The Morgan fingerprint density at radius 1 is 1.50 bits per heavy atom. The standard InChI is InChI=1S/C13H16FN3S/c1-9(15)5-10-6-11(14)3-4-13(10)18-12-7-16-17(2)8-12/h3-4,6-9H,5,15H2,1-2H3. The summed E-state index contributed by atoms with van der Waals surface area (Å²) in [7, 11) is 1.87. The molecule has 0 aliphatic heterocycles. The molecule has 1 aromatic heterocycles. The van der Waals surface area contributed by atoms with Crippen molar-refractivity contribution in [3.8, 4) is 0 Å². The van der Waals surface area contributed by atoms with Crippen molar-refractivity contribution in [1.82, 2.24) is 9.78 Å². The van der Waals surface area contributed by atoms with Gasteiger partial charge in [0, 0.05) is 24.2 Å². The summed E-state index contributed by atoms with van der Waals surface area (Å²) >= 11 is 1.58. The molecule has 0 saturated carbocycles. The van der Waals surface area contributed by atoms with Crippen LogP contribution in [0.4, 0.5) is 4.39 Å². The van der Waals surface area contributed by atoms with Crippen LogP contribution in [-0.4, -0.2) is 15.8 Å². The van der Waals surface area contributed by atoms with Gasteiger partial charge in [-0.15, -0.1) is 0 Å². The fraction of sp³-hybridized carbons (Fsp3) is 0.308. The van der Waals surface area contributed by atoms with E-state index in [9.17, 15) is 4.39 Å². The fourth-order valence-electron chi connectivity index (χ4n) is 1.73. The lowest BCUT2D eigenvalue weighted by Gasteiger charge is -2.10. The first-order chi connectivity index (χ1) is 8.54. The van der Waals surface area contributed by atoms with Gasteiger partial charge in [-0.05, 0) is 37.1 Å². The van der Waals surface area contributed by atoms with E-state index in [-0.39, 0.29) is 11.9 Å². The molecule has 5 heteroatoms. The molecule has 18 heavy (non-hydrogen) atoms. The number of hydrogen-bond acceptors (Lipinski definition) is 3. The fourth-order valence-corrected chi connectivity index (χ4v) is 2.70. The lowest BCUT2D eigenvalue weighted by molar-refractivity contribution is 0.620. The number of nitrogens with two attached hydrogens (primary N) is 1. The van der Waals surface area contributed by atoms with E-state index in [1.54, 1.807) is 34.8 Å². The molecule has 0 radical (unpaired) electrons. The van der Waals surface area contributed by atoms with Crippen LogP contribution in [-0.2, 0) is 13.5 Å². The van der Waals surface area contributed by atoms with Gasteiger partial charge in [0.1, 0.15) is 5.82 Å². The molecule has 0 amide bonds. The van der Waals surface area contributed by atoms with Crippen molar-refractivity contribution in [1.29, 1.82) is 0 Å². The van der Waals surface area contributed by atoms with E-state index in [4.69, 9.17) is 5.73 Å². The topological polar surface area (TPSA) is 43.8 Å². The van der Waals surface area contributed by atoms with Crippen LogP contribution in [0, 0.1) is 5.82 Å². The van der Waals surface area contributed by atoms with Crippen LogP contribution in [0.5, 0.6) is 0 Å². The average molecular weight is 265 g/mol. The minimum absolute atomic E-state index is 0.0139. The highest BCUT2D eigenvalue weighted by Gasteiger charge is 2.09. The van der Waals surface area contributed by atoms with Crippen LogP contribution >= 0.6 is 11.8 Å².